The Balaban J connectivity index is 1.97. The van der Waals surface area contributed by atoms with Crippen molar-refractivity contribution in [2.75, 3.05) is 0 Å². The average Bonchev–Trinajstić information content (AvgIpc) is 3.04. The lowest BCUT2D eigenvalue weighted by Crippen LogP contribution is -2.42. The summed E-state index contributed by atoms with van der Waals surface area (Å²) in [5.41, 5.74) is 0.122. The Labute approximate surface area is 119 Å². The second kappa shape index (κ2) is 6.24. The summed E-state index contributed by atoms with van der Waals surface area (Å²) < 4.78 is 7.57. The zero-order chi connectivity index (χ0) is 14.6. The summed E-state index contributed by atoms with van der Waals surface area (Å²) in [4.78, 5) is 4.08. The van der Waals surface area contributed by atoms with Gasteiger partial charge in [-0.3, -0.25) is 0 Å². The lowest BCUT2D eigenvalue weighted by Gasteiger charge is -2.31. The summed E-state index contributed by atoms with van der Waals surface area (Å²) in [6, 6.07) is 3.99. The first-order valence-corrected chi connectivity index (χ1v) is 6.86. The Bertz CT molecular complexity index is 511. The van der Waals surface area contributed by atoms with E-state index in [1.807, 2.05) is 18.6 Å². The van der Waals surface area contributed by atoms with E-state index in [1.165, 1.54) is 0 Å². The van der Waals surface area contributed by atoms with Crippen molar-refractivity contribution >= 4 is 0 Å². The molecular formula is C15H23N3O2. The minimum absolute atomic E-state index is 0.0578. The summed E-state index contributed by atoms with van der Waals surface area (Å²) in [5.74, 6) is 1.44. The van der Waals surface area contributed by atoms with Gasteiger partial charge in [0.1, 0.15) is 18.1 Å². The van der Waals surface area contributed by atoms with Crippen molar-refractivity contribution in [1.82, 2.24) is 14.9 Å². The molecule has 2 aromatic rings. The molecule has 2 aromatic heterocycles. The standard InChI is InChI=1S/C15H23N3O2/c1-15(2,3)14(9-18-7-6-16-11-18)17-8-12-4-5-13(10-19)20-12/h4-7,11,14,17,19H,8-10H2,1-3H3. The molecule has 2 rings (SSSR count). The Morgan fingerprint density at radius 2 is 2.10 bits per heavy atom. The van der Waals surface area contributed by atoms with Crippen LogP contribution in [0.3, 0.4) is 0 Å². The van der Waals surface area contributed by atoms with Crippen molar-refractivity contribution in [3.63, 3.8) is 0 Å². The predicted octanol–water partition coefficient (Wildman–Crippen LogP) is 2.17. The fourth-order valence-corrected chi connectivity index (χ4v) is 2.08. The Hall–Kier alpha value is -1.59. The molecule has 5 nitrogen and oxygen atoms in total. The highest BCUT2D eigenvalue weighted by Gasteiger charge is 2.24. The van der Waals surface area contributed by atoms with Crippen molar-refractivity contribution in [1.29, 1.82) is 0 Å². The second-order valence-corrected chi connectivity index (χ2v) is 6.09. The Morgan fingerprint density at radius 1 is 1.35 bits per heavy atom. The summed E-state index contributed by atoms with van der Waals surface area (Å²) >= 11 is 0. The number of furan rings is 1. The van der Waals surface area contributed by atoms with Gasteiger partial charge in [-0.15, -0.1) is 0 Å². The maximum atomic E-state index is 9.00. The molecule has 0 fully saturated rings. The molecule has 5 heteroatoms. The van der Waals surface area contributed by atoms with Crippen LogP contribution in [0.2, 0.25) is 0 Å². The number of aliphatic hydroxyl groups excluding tert-OH is 1. The first kappa shape index (κ1) is 14.8. The molecule has 0 aliphatic carbocycles. The van der Waals surface area contributed by atoms with Crippen molar-refractivity contribution in [2.45, 2.75) is 46.5 Å². The van der Waals surface area contributed by atoms with Gasteiger partial charge in [-0.1, -0.05) is 20.8 Å². The number of imidazole rings is 1. The molecule has 1 atom stereocenters. The molecule has 0 radical (unpaired) electrons. The fraction of sp³-hybridized carbons (Fsp3) is 0.533. The number of rotatable bonds is 6. The SMILES string of the molecule is CC(C)(C)C(Cn1ccnc1)NCc1ccc(CO)o1. The third kappa shape index (κ3) is 3.95. The zero-order valence-corrected chi connectivity index (χ0v) is 12.3. The van der Waals surface area contributed by atoms with Gasteiger partial charge in [-0.05, 0) is 17.5 Å². The van der Waals surface area contributed by atoms with Crippen LogP contribution in [-0.2, 0) is 19.7 Å². The molecule has 0 spiro atoms. The molecule has 0 aliphatic rings. The molecule has 2 heterocycles. The fourth-order valence-electron chi connectivity index (χ4n) is 2.08. The number of hydrogen-bond acceptors (Lipinski definition) is 4. The smallest absolute Gasteiger partial charge is 0.129 e. The van der Waals surface area contributed by atoms with Crippen molar-refractivity contribution in [3.05, 3.63) is 42.4 Å². The van der Waals surface area contributed by atoms with E-state index in [2.05, 4.69) is 35.6 Å². The van der Waals surface area contributed by atoms with Gasteiger partial charge < -0.3 is 19.4 Å². The molecule has 0 aliphatic heterocycles. The van der Waals surface area contributed by atoms with Gasteiger partial charge >= 0.3 is 0 Å². The van der Waals surface area contributed by atoms with Crippen LogP contribution in [0.4, 0.5) is 0 Å². The maximum Gasteiger partial charge on any atom is 0.129 e. The van der Waals surface area contributed by atoms with E-state index in [1.54, 1.807) is 12.3 Å². The molecule has 0 saturated carbocycles. The van der Waals surface area contributed by atoms with Crippen LogP contribution in [0.5, 0.6) is 0 Å². The van der Waals surface area contributed by atoms with E-state index in [4.69, 9.17) is 9.52 Å². The van der Waals surface area contributed by atoms with Crippen LogP contribution in [0.15, 0.2) is 35.3 Å². The van der Waals surface area contributed by atoms with Crippen LogP contribution < -0.4 is 5.32 Å². The van der Waals surface area contributed by atoms with Gasteiger partial charge in [0.25, 0.3) is 0 Å². The summed E-state index contributed by atoms with van der Waals surface area (Å²) in [6.07, 6.45) is 5.59. The molecule has 0 aromatic carbocycles. The van der Waals surface area contributed by atoms with Gasteiger partial charge in [0.2, 0.25) is 0 Å². The van der Waals surface area contributed by atoms with E-state index >= 15 is 0 Å². The summed E-state index contributed by atoms with van der Waals surface area (Å²) in [7, 11) is 0. The largest absolute Gasteiger partial charge is 0.462 e. The van der Waals surface area contributed by atoms with Gasteiger partial charge in [0.15, 0.2) is 0 Å². The third-order valence-corrected chi connectivity index (χ3v) is 3.39. The quantitative estimate of drug-likeness (QED) is 0.849. The zero-order valence-electron chi connectivity index (χ0n) is 12.3. The lowest BCUT2D eigenvalue weighted by atomic mass is 9.86. The molecule has 20 heavy (non-hydrogen) atoms. The average molecular weight is 277 g/mol. The molecule has 2 N–H and O–H groups in total. The molecule has 1 unspecified atom stereocenters. The Morgan fingerprint density at radius 3 is 2.65 bits per heavy atom. The van der Waals surface area contributed by atoms with Crippen molar-refractivity contribution < 1.29 is 9.52 Å². The number of aromatic nitrogens is 2. The van der Waals surface area contributed by atoms with Crippen LogP contribution in [0.1, 0.15) is 32.3 Å². The normalized spacial score (nSPS) is 13.6. The molecule has 0 amide bonds. The van der Waals surface area contributed by atoms with Gasteiger partial charge in [0, 0.05) is 25.0 Å². The van der Waals surface area contributed by atoms with E-state index in [-0.39, 0.29) is 12.0 Å². The van der Waals surface area contributed by atoms with E-state index in [0.29, 0.717) is 18.3 Å². The number of nitrogens with zero attached hydrogens (tertiary/aromatic N) is 2. The minimum atomic E-state index is -0.0578. The molecular weight excluding hydrogens is 254 g/mol. The second-order valence-electron chi connectivity index (χ2n) is 6.09. The van der Waals surface area contributed by atoms with E-state index in [0.717, 1.165) is 12.3 Å². The lowest BCUT2D eigenvalue weighted by molar-refractivity contribution is 0.225. The van der Waals surface area contributed by atoms with E-state index < -0.39 is 0 Å². The minimum Gasteiger partial charge on any atom is -0.462 e. The topological polar surface area (TPSA) is 63.2 Å². The monoisotopic (exact) mass is 277 g/mol. The van der Waals surface area contributed by atoms with Gasteiger partial charge in [0.05, 0.1) is 12.9 Å². The van der Waals surface area contributed by atoms with Crippen LogP contribution in [-0.4, -0.2) is 20.7 Å². The first-order chi connectivity index (χ1) is 9.49. The number of hydrogen-bond donors (Lipinski definition) is 2. The summed E-state index contributed by atoms with van der Waals surface area (Å²) in [5, 5.41) is 12.5. The van der Waals surface area contributed by atoms with Crippen LogP contribution in [0.25, 0.3) is 0 Å². The highest BCUT2D eigenvalue weighted by atomic mass is 16.4. The summed E-state index contributed by atoms with van der Waals surface area (Å²) in [6.45, 7) is 8.08. The van der Waals surface area contributed by atoms with Crippen molar-refractivity contribution in [3.8, 4) is 0 Å². The molecule has 110 valence electrons. The number of nitrogens with one attached hydrogen (secondary N) is 1. The maximum absolute atomic E-state index is 9.00. The molecule has 0 bridgehead atoms. The van der Waals surface area contributed by atoms with Gasteiger partial charge in [-0.2, -0.15) is 0 Å². The highest BCUT2D eigenvalue weighted by Crippen LogP contribution is 2.21. The Kier molecular flexibility index (Phi) is 4.62. The first-order valence-electron chi connectivity index (χ1n) is 6.86. The predicted molar refractivity (Wildman–Crippen MR) is 76.9 cm³/mol. The third-order valence-electron chi connectivity index (χ3n) is 3.39. The molecule has 0 saturated heterocycles. The van der Waals surface area contributed by atoms with Gasteiger partial charge in [-0.25, -0.2) is 4.98 Å². The highest BCUT2D eigenvalue weighted by molar-refractivity contribution is 5.06. The van der Waals surface area contributed by atoms with Crippen molar-refractivity contribution in [2.24, 2.45) is 5.41 Å². The van der Waals surface area contributed by atoms with Crippen LogP contribution >= 0.6 is 0 Å². The van der Waals surface area contributed by atoms with E-state index in [9.17, 15) is 0 Å². The number of aliphatic hydroxyl groups is 1. The van der Waals surface area contributed by atoms with Crippen LogP contribution in [0, 0.1) is 5.41 Å².